The molecule has 16 heteroatoms. The van der Waals surface area contributed by atoms with E-state index in [4.69, 9.17) is 5.10 Å². The molecule has 4 aromatic rings. The van der Waals surface area contributed by atoms with E-state index in [1.807, 2.05) is 32.8 Å². The lowest BCUT2D eigenvalue weighted by Gasteiger charge is -2.42. The molecule has 4 amide bonds. The van der Waals surface area contributed by atoms with Crippen molar-refractivity contribution in [2.24, 2.45) is 5.92 Å². The number of nitrogens with one attached hydrogen (secondary N) is 2. The summed E-state index contributed by atoms with van der Waals surface area (Å²) in [7, 11) is 0. The Bertz CT molecular complexity index is 2440. The third-order valence-corrected chi connectivity index (χ3v) is 13.5. The van der Waals surface area contributed by atoms with E-state index in [1.165, 1.54) is 18.2 Å². The van der Waals surface area contributed by atoms with E-state index in [0.717, 1.165) is 57.0 Å². The van der Waals surface area contributed by atoms with E-state index < -0.39 is 40.9 Å². The summed E-state index contributed by atoms with van der Waals surface area (Å²) in [6, 6.07) is 10.0. The van der Waals surface area contributed by atoms with Crippen molar-refractivity contribution in [1.82, 2.24) is 29.5 Å². The van der Waals surface area contributed by atoms with Crippen LogP contribution in [0.4, 0.5) is 20.2 Å². The first-order chi connectivity index (χ1) is 29.2. The van der Waals surface area contributed by atoms with Gasteiger partial charge in [0.25, 0.3) is 11.5 Å². The SMILES string of the molecule is CC(C)(O)c1cc2nn(C3CCC(N4CCN(C(=O)[C@@H]5CCN(c6cc(F)c([C@H]7CCC(=O)NC7=O)c(F)c6)C5)CC4)CC3)cc2cc1NC(=O)c1cccn(C2CC2)c1=O. The molecular formula is C45H52F2N8O6. The maximum Gasteiger partial charge on any atom is 0.263 e. The highest BCUT2D eigenvalue weighted by atomic mass is 19.1. The average molecular weight is 839 g/mol. The number of piperidine rings is 1. The van der Waals surface area contributed by atoms with E-state index in [2.05, 4.69) is 15.5 Å². The first-order valence-corrected chi connectivity index (χ1v) is 21.6. The third kappa shape index (κ3) is 8.19. The summed E-state index contributed by atoms with van der Waals surface area (Å²) in [4.78, 5) is 70.2. The lowest BCUT2D eigenvalue weighted by atomic mass is 9.89. The second kappa shape index (κ2) is 16.1. The lowest BCUT2D eigenvalue weighted by Crippen LogP contribution is -2.53. The van der Waals surface area contributed by atoms with Crippen LogP contribution in [0.3, 0.4) is 0 Å². The Morgan fingerprint density at radius 3 is 2.23 bits per heavy atom. The summed E-state index contributed by atoms with van der Waals surface area (Å²) in [6.07, 6.45) is 10.0. The van der Waals surface area contributed by atoms with Gasteiger partial charge >= 0.3 is 0 Å². The molecule has 61 heavy (non-hydrogen) atoms. The van der Waals surface area contributed by atoms with Crippen molar-refractivity contribution in [2.45, 2.75) is 101 Å². The molecule has 5 heterocycles. The van der Waals surface area contributed by atoms with Crippen LogP contribution >= 0.6 is 0 Å². The predicted molar refractivity (Wildman–Crippen MR) is 223 cm³/mol. The van der Waals surface area contributed by atoms with Gasteiger partial charge < -0.3 is 24.8 Å². The van der Waals surface area contributed by atoms with Crippen LogP contribution < -0.4 is 21.1 Å². The van der Waals surface area contributed by atoms with Crippen molar-refractivity contribution in [3.63, 3.8) is 0 Å². The summed E-state index contributed by atoms with van der Waals surface area (Å²) in [5.74, 6) is -4.61. The molecule has 0 bridgehead atoms. The molecule has 2 saturated carbocycles. The Labute approximate surface area is 351 Å². The first kappa shape index (κ1) is 40.9. The molecule has 3 saturated heterocycles. The van der Waals surface area contributed by atoms with Crippen LogP contribution in [0.2, 0.25) is 0 Å². The summed E-state index contributed by atoms with van der Waals surface area (Å²) in [5, 5.41) is 21.9. The number of hydrogen-bond donors (Lipinski definition) is 3. The van der Waals surface area contributed by atoms with Crippen molar-refractivity contribution in [3.8, 4) is 0 Å². The minimum absolute atomic E-state index is 0.0226. The van der Waals surface area contributed by atoms with E-state index in [0.29, 0.717) is 61.1 Å². The van der Waals surface area contributed by atoms with Gasteiger partial charge in [0.15, 0.2) is 0 Å². The number of nitrogens with zero attached hydrogens (tertiary/aromatic N) is 6. The number of fused-ring (bicyclic) bond motifs is 1. The van der Waals surface area contributed by atoms with Gasteiger partial charge in [-0.1, -0.05) is 0 Å². The van der Waals surface area contributed by atoms with E-state index in [-0.39, 0.29) is 53.4 Å². The fourth-order valence-electron chi connectivity index (χ4n) is 9.91. The van der Waals surface area contributed by atoms with Crippen LogP contribution in [-0.4, -0.2) is 98.2 Å². The van der Waals surface area contributed by atoms with Gasteiger partial charge in [-0.15, -0.1) is 0 Å². The molecule has 14 nitrogen and oxygen atoms in total. The number of carbonyl (C=O) groups is 4. The summed E-state index contributed by atoms with van der Waals surface area (Å²) in [5.41, 5.74) is 0.110. The summed E-state index contributed by atoms with van der Waals surface area (Å²) in [6.45, 7) is 6.93. The molecule has 2 atom stereocenters. The number of anilines is 2. The van der Waals surface area contributed by atoms with Gasteiger partial charge in [0.05, 0.1) is 29.0 Å². The number of halogens is 2. The summed E-state index contributed by atoms with van der Waals surface area (Å²) >= 11 is 0. The molecule has 9 rings (SSSR count). The normalized spacial score (nSPS) is 24.0. The number of benzene rings is 2. The highest BCUT2D eigenvalue weighted by Crippen LogP contribution is 2.38. The van der Waals surface area contributed by atoms with Crippen molar-refractivity contribution in [3.05, 3.63) is 87.5 Å². The van der Waals surface area contributed by atoms with Crippen LogP contribution in [-0.2, 0) is 20.0 Å². The molecule has 3 aliphatic heterocycles. The second-order valence-corrected chi connectivity index (χ2v) is 18.0. The number of hydrogen-bond acceptors (Lipinski definition) is 9. The van der Waals surface area contributed by atoms with E-state index in [1.54, 1.807) is 30.7 Å². The zero-order valence-corrected chi connectivity index (χ0v) is 34.5. The largest absolute Gasteiger partial charge is 0.386 e. The fourth-order valence-corrected chi connectivity index (χ4v) is 9.91. The first-order valence-electron chi connectivity index (χ1n) is 21.6. The Kier molecular flexibility index (Phi) is 10.8. The number of aliphatic hydroxyl groups is 1. The van der Waals surface area contributed by atoms with Crippen LogP contribution in [0.1, 0.15) is 111 Å². The third-order valence-electron chi connectivity index (χ3n) is 13.5. The number of amides is 4. The minimum Gasteiger partial charge on any atom is -0.386 e. The molecule has 2 aliphatic carbocycles. The smallest absolute Gasteiger partial charge is 0.263 e. The van der Waals surface area contributed by atoms with Crippen LogP contribution in [0.5, 0.6) is 0 Å². The quantitative estimate of drug-likeness (QED) is 0.198. The molecule has 322 valence electrons. The maximum absolute atomic E-state index is 15.2. The number of imide groups is 1. The molecule has 5 aliphatic rings. The zero-order valence-electron chi connectivity index (χ0n) is 34.5. The van der Waals surface area contributed by atoms with Gasteiger partial charge in [-0.05, 0) is 102 Å². The zero-order chi connectivity index (χ0) is 42.7. The molecule has 2 aromatic heterocycles. The van der Waals surface area contributed by atoms with Crippen LogP contribution in [0.25, 0.3) is 10.9 Å². The van der Waals surface area contributed by atoms with E-state index >= 15 is 8.78 Å². The van der Waals surface area contributed by atoms with Crippen LogP contribution in [0.15, 0.2) is 53.6 Å². The Morgan fingerprint density at radius 1 is 0.869 bits per heavy atom. The highest BCUT2D eigenvalue weighted by Gasteiger charge is 2.37. The molecule has 0 unspecified atom stereocenters. The van der Waals surface area contributed by atoms with Gasteiger partial charge in [0.2, 0.25) is 17.7 Å². The van der Waals surface area contributed by atoms with E-state index in [9.17, 15) is 29.1 Å². The maximum atomic E-state index is 15.2. The molecule has 5 fully saturated rings. The molecule has 3 N–H and O–H groups in total. The topological polar surface area (TPSA) is 162 Å². The Morgan fingerprint density at radius 2 is 1.56 bits per heavy atom. The second-order valence-electron chi connectivity index (χ2n) is 18.0. The molecular weight excluding hydrogens is 787 g/mol. The van der Waals surface area contributed by atoms with Crippen molar-refractivity contribution in [1.29, 1.82) is 0 Å². The van der Waals surface area contributed by atoms with Crippen molar-refractivity contribution >= 4 is 45.9 Å². The fraction of sp³-hybridized carbons (Fsp3) is 0.511. The standard InChI is InChI=1S/C45H52F2N8O6/c1-45(2,61)34-23-37-27(20-38(34)48-42(58)33-4-3-14-54(44(33)60)29-7-8-29)25-55(50-37)30-9-5-28(6-10-30)51-16-18-52(19-17-51)43(59)26-13-15-53(24-26)31-21-35(46)40(36(47)22-31)32-11-12-39(56)49-41(32)57/h3-4,14,20-23,25-26,28-30,32,61H,5-13,15-19,24H2,1-2H3,(H,48,58)(H,49,56,57)/t26-,28?,30?,32-/m1/s1. The van der Waals surface area contributed by atoms with Crippen molar-refractivity contribution < 1.29 is 33.1 Å². The molecule has 2 aromatic carbocycles. The minimum atomic E-state index is -1.29. The number of carbonyl (C=O) groups excluding carboxylic acids is 4. The van der Waals surface area contributed by atoms with Gasteiger partial charge in [0, 0.05) is 98.1 Å². The number of rotatable bonds is 9. The van der Waals surface area contributed by atoms with Crippen LogP contribution in [0, 0.1) is 17.6 Å². The molecule has 0 radical (unpaired) electrons. The highest BCUT2D eigenvalue weighted by molar-refractivity contribution is 6.05. The van der Waals surface area contributed by atoms with Crippen molar-refractivity contribution in [2.75, 3.05) is 49.5 Å². The van der Waals surface area contributed by atoms with Gasteiger partial charge in [-0.25, -0.2) is 8.78 Å². The molecule has 0 spiro atoms. The predicted octanol–water partition coefficient (Wildman–Crippen LogP) is 4.97. The lowest BCUT2D eigenvalue weighted by molar-refractivity contribution is -0.137. The number of aromatic nitrogens is 3. The number of piperazine rings is 1. The average Bonchev–Trinajstić information content (AvgIpc) is 3.79. The van der Waals surface area contributed by atoms with Gasteiger partial charge in [0.1, 0.15) is 17.2 Å². The Balaban J connectivity index is 0.784. The Hall–Kier alpha value is -5.48. The van der Waals surface area contributed by atoms with Gasteiger partial charge in [-0.2, -0.15) is 5.10 Å². The summed E-state index contributed by atoms with van der Waals surface area (Å²) < 4.78 is 34.1. The monoisotopic (exact) mass is 838 g/mol. The number of pyridine rings is 1. The van der Waals surface area contributed by atoms with Gasteiger partial charge in [-0.3, -0.25) is 38.9 Å².